The van der Waals surface area contributed by atoms with Crippen LogP contribution >= 0.6 is 22.6 Å². The van der Waals surface area contributed by atoms with E-state index in [1.807, 2.05) is 0 Å². The van der Waals surface area contributed by atoms with Gasteiger partial charge >= 0.3 is 26.2 Å². The van der Waals surface area contributed by atoms with E-state index in [1.54, 1.807) is 0 Å². The maximum absolute atomic E-state index is 3.44. The summed E-state index contributed by atoms with van der Waals surface area (Å²) in [6.07, 6.45) is 3.44. The molecule has 0 fully saturated rings. The Morgan fingerprint density at radius 1 is 1.04 bits per heavy atom. The Bertz CT molecular complexity index is 739. The molecule has 3 rings (SSSR count). The Balaban J connectivity index is 0. The van der Waals surface area contributed by atoms with Gasteiger partial charge in [-0.25, -0.2) is 5.57 Å². The van der Waals surface area contributed by atoms with Gasteiger partial charge < -0.3 is 24.8 Å². The number of hydrogen-bond donors (Lipinski definition) is 0. The smallest absolute Gasteiger partial charge is 1.00 e. The first kappa shape index (κ1) is 26.7. The molecule has 1 aliphatic rings. The summed E-state index contributed by atoms with van der Waals surface area (Å²) in [4.78, 5) is 0. The Kier molecular flexibility index (Phi) is 11.8. The average Bonchev–Trinajstić information content (AvgIpc) is 2.86. The van der Waals surface area contributed by atoms with E-state index in [1.165, 1.54) is 36.6 Å². The summed E-state index contributed by atoms with van der Waals surface area (Å²) in [7, 11) is 0. The first-order valence-electron chi connectivity index (χ1n) is 7.34. The van der Waals surface area contributed by atoms with E-state index in [9.17, 15) is 0 Å². The van der Waals surface area contributed by atoms with Gasteiger partial charge in [0.1, 0.15) is 0 Å². The Morgan fingerprint density at radius 3 is 2.00 bits per heavy atom. The van der Waals surface area contributed by atoms with Crippen LogP contribution in [0.5, 0.6) is 0 Å². The third-order valence-corrected chi connectivity index (χ3v) is 5.35. The molecule has 0 N–H and O–H groups in total. The van der Waals surface area contributed by atoms with E-state index in [0.717, 1.165) is 0 Å². The van der Waals surface area contributed by atoms with Crippen molar-refractivity contribution in [1.82, 2.24) is 0 Å². The summed E-state index contributed by atoms with van der Waals surface area (Å²) < 4.78 is 1.34. The standard InChI is InChI=1S/C10H8I.C10H15.2ClH.Zr/c1-7-5-8-3-2-4-10(11)9(8)6-7;1-7-6-10(4,5)9(3)8(7)2;;;/h2-6H,1H3;1-5H3;2*1H;/q2*-1;;;+4/p-2. The predicted octanol–water partition coefficient (Wildman–Crippen LogP) is 0.589. The number of fused-ring (bicyclic) bond motifs is 1. The number of rotatable bonds is 0. The van der Waals surface area contributed by atoms with Crippen LogP contribution in [-0.2, 0) is 26.2 Å². The fourth-order valence-electron chi connectivity index (χ4n) is 2.75. The van der Waals surface area contributed by atoms with Gasteiger partial charge in [-0.3, -0.25) is 6.08 Å². The number of allylic oxidation sites excluding steroid dienone is 4. The van der Waals surface area contributed by atoms with Crippen molar-refractivity contribution in [3.8, 4) is 0 Å². The van der Waals surface area contributed by atoms with E-state index in [-0.39, 0.29) is 56.4 Å². The molecule has 0 spiro atoms. The monoisotopic (exact) mass is 550 g/mol. The van der Waals surface area contributed by atoms with Crippen LogP contribution in [0, 0.1) is 22.0 Å². The quantitative estimate of drug-likeness (QED) is 0.332. The number of hydrogen-bond acceptors (Lipinski definition) is 0. The molecule has 4 heteroatoms. The normalized spacial score (nSPS) is 14.7. The fraction of sp³-hybridized carbons (Fsp3) is 0.350. The average molecular weight is 552 g/mol. The van der Waals surface area contributed by atoms with Crippen LogP contribution in [0.4, 0.5) is 0 Å². The minimum absolute atomic E-state index is 0. The third kappa shape index (κ3) is 6.04. The number of halogens is 3. The van der Waals surface area contributed by atoms with E-state index in [2.05, 4.69) is 101 Å². The second-order valence-corrected chi connectivity index (χ2v) is 7.56. The fourth-order valence-corrected chi connectivity index (χ4v) is 3.43. The molecule has 0 heterocycles. The molecule has 2 aromatic rings. The van der Waals surface area contributed by atoms with Crippen molar-refractivity contribution in [1.29, 1.82) is 0 Å². The third-order valence-electron chi connectivity index (χ3n) is 4.40. The van der Waals surface area contributed by atoms with Crippen LogP contribution in [0.2, 0.25) is 0 Å². The second kappa shape index (κ2) is 10.6. The summed E-state index contributed by atoms with van der Waals surface area (Å²) in [5, 5.41) is 2.74. The van der Waals surface area contributed by atoms with Gasteiger partial charge in [0.05, 0.1) is 0 Å². The van der Waals surface area contributed by atoms with Crippen molar-refractivity contribution in [2.75, 3.05) is 0 Å². The van der Waals surface area contributed by atoms with Gasteiger partial charge in [-0.2, -0.15) is 17.2 Å². The maximum atomic E-state index is 3.44. The van der Waals surface area contributed by atoms with Crippen molar-refractivity contribution in [3.05, 3.63) is 62.3 Å². The molecule has 1 aliphatic carbocycles. The first-order valence-corrected chi connectivity index (χ1v) is 8.42. The van der Waals surface area contributed by atoms with Crippen LogP contribution < -0.4 is 24.8 Å². The zero-order chi connectivity index (χ0) is 15.8. The van der Waals surface area contributed by atoms with Gasteiger partial charge in [-0.05, 0) is 3.57 Å². The molecule has 0 bridgehead atoms. The molecule has 24 heavy (non-hydrogen) atoms. The summed E-state index contributed by atoms with van der Waals surface area (Å²) in [5.74, 6) is 0. The van der Waals surface area contributed by atoms with Gasteiger partial charge in [0, 0.05) is 0 Å². The van der Waals surface area contributed by atoms with Crippen molar-refractivity contribution < 1.29 is 51.0 Å². The van der Waals surface area contributed by atoms with E-state index >= 15 is 0 Å². The predicted molar refractivity (Wildman–Crippen MR) is 102 cm³/mol. The van der Waals surface area contributed by atoms with Gasteiger partial charge in [0.25, 0.3) is 0 Å². The molecule has 0 radical (unpaired) electrons. The Morgan fingerprint density at radius 2 is 1.62 bits per heavy atom. The Labute approximate surface area is 192 Å². The SMILES string of the molecule is CC1=[C-]C(C)(C)C(C)=C1C.Cc1cc2c(I)cccc2[cH-]1.[Cl-].[Cl-].[Zr+4]. The van der Waals surface area contributed by atoms with Crippen molar-refractivity contribution in [2.45, 2.75) is 41.5 Å². The number of aryl methyl sites for hydroxylation is 1. The van der Waals surface area contributed by atoms with Gasteiger partial charge in [-0.1, -0.05) is 68.7 Å². The minimum atomic E-state index is 0. The zero-order valence-corrected chi connectivity index (χ0v) is 21.1. The molecule has 0 unspecified atom stereocenters. The van der Waals surface area contributed by atoms with Crippen molar-refractivity contribution in [3.63, 3.8) is 0 Å². The largest absolute Gasteiger partial charge is 4.00 e. The molecule has 128 valence electrons. The van der Waals surface area contributed by atoms with Gasteiger partial charge in [0.2, 0.25) is 0 Å². The van der Waals surface area contributed by atoms with Crippen LogP contribution in [-0.4, -0.2) is 0 Å². The van der Waals surface area contributed by atoms with Gasteiger partial charge in [0.15, 0.2) is 0 Å². The summed E-state index contributed by atoms with van der Waals surface area (Å²) >= 11 is 2.37. The summed E-state index contributed by atoms with van der Waals surface area (Å²) in [5.41, 5.74) is 5.75. The molecule has 0 aliphatic heterocycles. The van der Waals surface area contributed by atoms with E-state index in [0.29, 0.717) is 0 Å². The van der Waals surface area contributed by atoms with Crippen LogP contribution in [0.15, 0.2) is 47.1 Å². The molecule has 0 amide bonds. The van der Waals surface area contributed by atoms with Crippen molar-refractivity contribution in [2.24, 2.45) is 5.41 Å². The molecule has 2 aromatic carbocycles. The van der Waals surface area contributed by atoms with Crippen LogP contribution in [0.3, 0.4) is 0 Å². The minimum Gasteiger partial charge on any atom is -1.00 e. The second-order valence-electron chi connectivity index (χ2n) is 6.40. The van der Waals surface area contributed by atoms with E-state index in [4.69, 9.17) is 0 Å². The molecule has 0 aromatic heterocycles. The van der Waals surface area contributed by atoms with Crippen LogP contribution in [0.25, 0.3) is 10.8 Å². The first-order chi connectivity index (χ1) is 9.72. The summed E-state index contributed by atoms with van der Waals surface area (Å²) in [6.45, 7) is 13.1. The molecular weight excluding hydrogens is 529 g/mol. The zero-order valence-electron chi connectivity index (χ0n) is 15.0. The van der Waals surface area contributed by atoms with Crippen molar-refractivity contribution >= 4 is 33.4 Å². The van der Waals surface area contributed by atoms with E-state index < -0.39 is 0 Å². The van der Waals surface area contributed by atoms with Gasteiger partial charge in [-0.15, -0.1) is 41.5 Å². The molecule has 0 saturated heterocycles. The molecule has 0 nitrogen and oxygen atoms in total. The number of benzene rings is 1. The van der Waals surface area contributed by atoms with Crippen LogP contribution in [0.1, 0.15) is 40.2 Å². The molecule has 0 saturated carbocycles. The molecule has 0 atom stereocenters. The summed E-state index contributed by atoms with van der Waals surface area (Å²) in [6, 6.07) is 10.9. The maximum Gasteiger partial charge on any atom is 4.00 e. The Hall–Kier alpha value is 0.503. The molecular formula is C20H23Cl2IZr. The topological polar surface area (TPSA) is 0 Å².